The molecule has 10 heteroatoms. The number of nitrogens with one attached hydrogen (secondary N) is 2. The number of piperidine rings is 1. The summed E-state index contributed by atoms with van der Waals surface area (Å²) in [5, 5.41) is 12.0. The molecule has 2 aromatic heterocycles. The minimum absolute atomic E-state index is 0.0509. The molecule has 0 saturated carbocycles. The maximum atomic E-state index is 13.3. The second-order valence-electron chi connectivity index (χ2n) is 10.1. The van der Waals surface area contributed by atoms with E-state index < -0.39 is 0 Å². The number of carbonyl (C=O) groups is 2. The van der Waals surface area contributed by atoms with Gasteiger partial charge in [-0.15, -0.1) is 0 Å². The standard InChI is InChI=1S/C28H35FN6O3/c1-2-35-27-23(18-32-35)26(33-22-9-13-38-14-10-22)24(17-30-27)28(37)31-16-20-7-11-34(12-8-20)25(36)15-19-3-5-21(29)6-4-19/h3-6,17-18,20,22H,2,7-16H2,1H3,(H,30,33)(H,31,37). The molecule has 38 heavy (non-hydrogen) atoms. The number of halogens is 1. The van der Waals surface area contributed by atoms with Crippen LogP contribution in [0, 0.1) is 11.7 Å². The lowest BCUT2D eigenvalue weighted by atomic mass is 9.96. The average Bonchev–Trinajstić information content (AvgIpc) is 3.38. The van der Waals surface area contributed by atoms with Crippen molar-refractivity contribution >= 4 is 28.5 Å². The highest BCUT2D eigenvalue weighted by Gasteiger charge is 2.25. The van der Waals surface area contributed by atoms with Crippen molar-refractivity contribution in [3.63, 3.8) is 0 Å². The number of amides is 2. The van der Waals surface area contributed by atoms with Crippen molar-refractivity contribution < 1.29 is 18.7 Å². The summed E-state index contributed by atoms with van der Waals surface area (Å²) in [6, 6.07) is 6.29. The van der Waals surface area contributed by atoms with Gasteiger partial charge in [-0.05, 0) is 56.2 Å². The fraction of sp³-hybridized carbons (Fsp3) is 0.500. The molecule has 2 saturated heterocycles. The summed E-state index contributed by atoms with van der Waals surface area (Å²) >= 11 is 0. The van der Waals surface area contributed by atoms with Crippen molar-refractivity contribution in [2.24, 2.45) is 5.92 Å². The van der Waals surface area contributed by atoms with E-state index in [9.17, 15) is 14.0 Å². The molecular weight excluding hydrogens is 487 g/mol. The van der Waals surface area contributed by atoms with Crippen molar-refractivity contribution in [1.82, 2.24) is 25.0 Å². The number of carbonyl (C=O) groups excluding carboxylic acids is 2. The third kappa shape index (κ3) is 5.96. The van der Waals surface area contributed by atoms with Crippen LogP contribution in [-0.2, 0) is 22.5 Å². The van der Waals surface area contributed by atoms with Crippen LogP contribution in [0.25, 0.3) is 11.0 Å². The summed E-state index contributed by atoms with van der Waals surface area (Å²) in [4.78, 5) is 32.4. The van der Waals surface area contributed by atoms with Crippen LogP contribution in [-0.4, -0.2) is 70.4 Å². The smallest absolute Gasteiger partial charge is 0.254 e. The molecule has 2 amide bonds. The van der Waals surface area contributed by atoms with E-state index in [-0.39, 0.29) is 30.1 Å². The Morgan fingerprint density at radius 1 is 1.08 bits per heavy atom. The van der Waals surface area contributed by atoms with Gasteiger partial charge in [0, 0.05) is 51.6 Å². The summed E-state index contributed by atoms with van der Waals surface area (Å²) in [5.74, 6) is -0.120. The molecule has 4 heterocycles. The van der Waals surface area contributed by atoms with E-state index in [1.807, 2.05) is 16.5 Å². The van der Waals surface area contributed by atoms with Crippen LogP contribution in [0.2, 0.25) is 0 Å². The van der Waals surface area contributed by atoms with Gasteiger partial charge in [-0.25, -0.2) is 14.1 Å². The maximum absolute atomic E-state index is 13.3. The van der Waals surface area contributed by atoms with Crippen molar-refractivity contribution in [2.75, 3.05) is 38.2 Å². The molecule has 0 aliphatic carbocycles. The maximum Gasteiger partial charge on any atom is 0.254 e. The second kappa shape index (κ2) is 11.9. The predicted octanol–water partition coefficient (Wildman–Crippen LogP) is 3.39. The quantitative estimate of drug-likeness (QED) is 0.470. The van der Waals surface area contributed by atoms with E-state index >= 15 is 0 Å². The lowest BCUT2D eigenvalue weighted by molar-refractivity contribution is -0.131. The first-order valence-electron chi connectivity index (χ1n) is 13.5. The number of hydrogen-bond acceptors (Lipinski definition) is 6. The van der Waals surface area contributed by atoms with Gasteiger partial charge in [-0.1, -0.05) is 12.1 Å². The van der Waals surface area contributed by atoms with Gasteiger partial charge in [0.1, 0.15) is 5.82 Å². The Hall–Kier alpha value is -3.53. The average molecular weight is 523 g/mol. The van der Waals surface area contributed by atoms with Crippen molar-refractivity contribution in [1.29, 1.82) is 0 Å². The van der Waals surface area contributed by atoms with E-state index in [0.717, 1.165) is 48.0 Å². The van der Waals surface area contributed by atoms with Gasteiger partial charge in [0.2, 0.25) is 5.91 Å². The summed E-state index contributed by atoms with van der Waals surface area (Å²) < 4.78 is 20.5. The molecule has 1 aromatic carbocycles. The van der Waals surface area contributed by atoms with E-state index in [4.69, 9.17) is 4.74 Å². The molecule has 3 aromatic rings. The number of ether oxygens (including phenoxy) is 1. The zero-order chi connectivity index (χ0) is 26.5. The van der Waals surface area contributed by atoms with Gasteiger partial charge >= 0.3 is 0 Å². The number of anilines is 1. The van der Waals surface area contributed by atoms with Crippen LogP contribution in [0.1, 0.15) is 48.5 Å². The fourth-order valence-corrected chi connectivity index (χ4v) is 5.24. The number of aryl methyl sites for hydroxylation is 1. The zero-order valence-electron chi connectivity index (χ0n) is 21.8. The molecule has 2 aliphatic heterocycles. The minimum Gasteiger partial charge on any atom is -0.381 e. The van der Waals surface area contributed by atoms with Gasteiger partial charge < -0.3 is 20.3 Å². The predicted molar refractivity (Wildman–Crippen MR) is 142 cm³/mol. The SMILES string of the molecule is CCn1ncc2c(NC3CCOCC3)c(C(=O)NCC3CCN(C(=O)Cc4ccc(F)cc4)CC3)cnc21. The van der Waals surface area contributed by atoms with Crippen LogP contribution < -0.4 is 10.6 Å². The summed E-state index contributed by atoms with van der Waals surface area (Å²) in [5.41, 5.74) is 2.87. The molecule has 0 atom stereocenters. The molecular formula is C28H35FN6O3. The molecule has 0 unspecified atom stereocenters. The molecule has 9 nitrogen and oxygen atoms in total. The van der Waals surface area contributed by atoms with E-state index in [1.165, 1.54) is 12.1 Å². The van der Waals surface area contributed by atoms with Crippen molar-refractivity contribution in [2.45, 2.75) is 51.6 Å². The number of nitrogens with zero attached hydrogens (tertiary/aromatic N) is 4. The first-order chi connectivity index (χ1) is 18.5. The molecule has 5 rings (SSSR count). The van der Waals surface area contributed by atoms with Gasteiger partial charge in [0.05, 0.1) is 29.3 Å². The Morgan fingerprint density at radius 3 is 2.53 bits per heavy atom. The Bertz CT molecular complexity index is 1260. The summed E-state index contributed by atoms with van der Waals surface area (Å²) in [7, 11) is 0. The van der Waals surface area contributed by atoms with Crippen molar-refractivity contribution in [3.05, 3.63) is 53.6 Å². The normalized spacial score (nSPS) is 17.1. The summed E-state index contributed by atoms with van der Waals surface area (Å²) in [6.45, 7) is 5.97. The van der Waals surface area contributed by atoms with Gasteiger partial charge in [0.15, 0.2) is 5.65 Å². The second-order valence-corrected chi connectivity index (χ2v) is 10.1. The first kappa shape index (κ1) is 26.1. The fourth-order valence-electron chi connectivity index (χ4n) is 5.24. The number of fused-ring (bicyclic) bond motifs is 1. The van der Waals surface area contributed by atoms with Crippen LogP contribution in [0.3, 0.4) is 0 Å². The number of aromatic nitrogens is 3. The van der Waals surface area contributed by atoms with E-state index in [2.05, 4.69) is 20.7 Å². The van der Waals surface area contributed by atoms with E-state index in [0.29, 0.717) is 50.9 Å². The van der Waals surface area contributed by atoms with Crippen LogP contribution in [0.15, 0.2) is 36.7 Å². The number of likely N-dealkylation sites (tertiary alicyclic amines) is 1. The topological polar surface area (TPSA) is 101 Å². The lowest BCUT2D eigenvalue weighted by Gasteiger charge is -2.32. The first-order valence-corrected chi connectivity index (χ1v) is 13.5. The van der Waals surface area contributed by atoms with Crippen LogP contribution in [0.4, 0.5) is 10.1 Å². The zero-order valence-corrected chi connectivity index (χ0v) is 21.8. The number of hydrogen-bond donors (Lipinski definition) is 2. The number of rotatable bonds is 8. The van der Waals surface area contributed by atoms with E-state index in [1.54, 1.807) is 24.5 Å². The molecule has 2 N–H and O–H groups in total. The monoisotopic (exact) mass is 522 g/mol. The van der Waals surface area contributed by atoms with Gasteiger partial charge in [0.25, 0.3) is 5.91 Å². The third-order valence-corrected chi connectivity index (χ3v) is 7.57. The Kier molecular flexibility index (Phi) is 8.17. The largest absolute Gasteiger partial charge is 0.381 e. The minimum atomic E-state index is -0.303. The highest BCUT2D eigenvalue weighted by molar-refractivity contribution is 6.06. The molecule has 202 valence electrons. The number of benzene rings is 1. The molecule has 0 spiro atoms. The van der Waals surface area contributed by atoms with Crippen molar-refractivity contribution in [3.8, 4) is 0 Å². The van der Waals surface area contributed by atoms with Crippen LogP contribution >= 0.6 is 0 Å². The summed E-state index contributed by atoms with van der Waals surface area (Å²) in [6.07, 6.45) is 7.10. The number of pyridine rings is 1. The van der Waals surface area contributed by atoms with Gasteiger partial charge in [-0.3, -0.25) is 9.59 Å². The highest BCUT2D eigenvalue weighted by Crippen LogP contribution is 2.28. The molecule has 0 radical (unpaired) electrons. The Labute approximate surface area is 221 Å². The lowest BCUT2D eigenvalue weighted by Crippen LogP contribution is -2.42. The molecule has 2 aliphatic rings. The highest BCUT2D eigenvalue weighted by atomic mass is 19.1. The van der Waals surface area contributed by atoms with Gasteiger partial charge in [-0.2, -0.15) is 5.10 Å². The Morgan fingerprint density at radius 2 is 1.82 bits per heavy atom. The Balaban J connectivity index is 1.19. The third-order valence-electron chi connectivity index (χ3n) is 7.57. The van der Waals surface area contributed by atoms with Crippen LogP contribution in [0.5, 0.6) is 0 Å². The molecule has 2 fully saturated rings. The molecule has 0 bridgehead atoms.